The molecule has 0 radical (unpaired) electrons. The first-order valence-corrected chi connectivity index (χ1v) is 6.11. The highest BCUT2D eigenvalue weighted by Gasteiger charge is 2.04. The third kappa shape index (κ3) is 4.35. The molecule has 0 aromatic heterocycles. The summed E-state index contributed by atoms with van der Waals surface area (Å²) in [5.41, 5.74) is 2.65. The lowest BCUT2D eigenvalue weighted by Crippen LogP contribution is -2.16. The van der Waals surface area contributed by atoms with Crippen molar-refractivity contribution in [3.8, 4) is 0 Å². The van der Waals surface area contributed by atoms with E-state index in [2.05, 4.69) is 60.6 Å². The van der Waals surface area contributed by atoms with Gasteiger partial charge in [0.2, 0.25) is 0 Å². The largest absolute Gasteiger partial charge is 0.393 e. The van der Waals surface area contributed by atoms with Crippen LogP contribution in [-0.2, 0) is 6.54 Å². The lowest BCUT2D eigenvalue weighted by atomic mass is 10.2. The van der Waals surface area contributed by atoms with Gasteiger partial charge in [0.25, 0.3) is 0 Å². The van der Waals surface area contributed by atoms with Gasteiger partial charge in [0, 0.05) is 31.7 Å². The van der Waals surface area contributed by atoms with Crippen LogP contribution >= 0.6 is 0 Å². The molecular formula is C15H22N2. The predicted molar refractivity (Wildman–Crippen MR) is 74.2 cm³/mol. The van der Waals surface area contributed by atoms with Gasteiger partial charge in [0.15, 0.2) is 0 Å². The molecule has 17 heavy (non-hydrogen) atoms. The molecule has 92 valence electrons. The van der Waals surface area contributed by atoms with Crippen molar-refractivity contribution in [2.45, 2.75) is 26.8 Å². The molecule has 0 atom stereocenters. The van der Waals surface area contributed by atoms with Crippen molar-refractivity contribution >= 4 is 0 Å². The Balaban J connectivity index is 2.80. The molecule has 0 bridgehead atoms. The Kier molecular flexibility index (Phi) is 5.94. The normalized spacial score (nSPS) is 11.8. The molecule has 0 saturated heterocycles. The zero-order valence-corrected chi connectivity index (χ0v) is 11.0. The van der Waals surface area contributed by atoms with Gasteiger partial charge in [-0.3, -0.25) is 0 Å². The van der Waals surface area contributed by atoms with Crippen molar-refractivity contribution in [1.29, 1.82) is 0 Å². The van der Waals surface area contributed by atoms with E-state index in [0.717, 1.165) is 13.0 Å². The SMILES string of the molecule is C/C=C(\CC)N(/C=C\NC)Cc1ccccc1. The lowest BCUT2D eigenvalue weighted by molar-refractivity contribution is 0.441. The van der Waals surface area contributed by atoms with Crippen molar-refractivity contribution in [2.24, 2.45) is 0 Å². The first-order valence-electron chi connectivity index (χ1n) is 6.11. The molecule has 1 N–H and O–H groups in total. The van der Waals surface area contributed by atoms with Gasteiger partial charge in [0.1, 0.15) is 0 Å². The van der Waals surface area contributed by atoms with Crippen LogP contribution in [0.15, 0.2) is 54.5 Å². The average Bonchev–Trinajstić information content (AvgIpc) is 2.38. The van der Waals surface area contributed by atoms with E-state index in [4.69, 9.17) is 0 Å². The van der Waals surface area contributed by atoms with Crippen molar-refractivity contribution in [3.05, 3.63) is 60.1 Å². The molecular weight excluding hydrogens is 208 g/mol. The minimum atomic E-state index is 0.909. The van der Waals surface area contributed by atoms with Gasteiger partial charge in [-0.15, -0.1) is 0 Å². The number of nitrogens with zero attached hydrogens (tertiary/aromatic N) is 1. The van der Waals surface area contributed by atoms with Gasteiger partial charge in [-0.25, -0.2) is 0 Å². The lowest BCUT2D eigenvalue weighted by Gasteiger charge is -2.23. The molecule has 1 rings (SSSR count). The first-order chi connectivity index (χ1) is 8.31. The summed E-state index contributed by atoms with van der Waals surface area (Å²) in [5.74, 6) is 0. The third-order valence-corrected chi connectivity index (χ3v) is 2.68. The summed E-state index contributed by atoms with van der Waals surface area (Å²) in [5, 5.41) is 3.04. The standard InChI is InChI=1S/C15H22N2/c1-4-15(5-2)17(12-11-16-3)13-14-9-7-6-8-10-14/h4,6-12,16H,5,13H2,1-3H3/b12-11-,15-4+. The Hall–Kier alpha value is -1.70. The summed E-state index contributed by atoms with van der Waals surface area (Å²) >= 11 is 0. The number of benzene rings is 1. The molecule has 2 heteroatoms. The molecule has 0 aliphatic heterocycles. The molecule has 0 unspecified atom stereocenters. The van der Waals surface area contributed by atoms with Crippen LogP contribution in [0.1, 0.15) is 25.8 Å². The van der Waals surface area contributed by atoms with Gasteiger partial charge < -0.3 is 10.2 Å². The zero-order chi connectivity index (χ0) is 12.5. The smallest absolute Gasteiger partial charge is 0.0473 e. The summed E-state index contributed by atoms with van der Waals surface area (Å²) in [4.78, 5) is 2.27. The van der Waals surface area contributed by atoms with E-state index in [1.165, 1.54) is 11.3 Å². The molecule has 0 aliphatic carbocycles. The van der Waals surface area contributed by atoms with Crippen LogP contribution in [0.25, 0.3) is 0 Å². The van der Waals surface area contributed by atoms with Crippen molar-refractivity contribution in [2.75, 3.05) is 7.05 Å². The molecule has 0 heterocycles. The van der Waals surface area contributed by atoms with Crippen LogP contribution < -0.4 is 5.32 Å². The second-order valence-electron chi connectivity index (χ2n) is 3.85. The molecule has 2 nitrogen and oxygen atoms in total. The van der Waals surface area contributed by atoms with E-state index < -0.39 is 0 Å². The summed E-state index contributed by atoms with van der Waals surface area (Å²) in [6, 6.07) is 10.5. The van der Waals surface area contributed by atoms with Crippen LogP contribution in [0.5, 0.6) is 0 Å². The van der Waals surface area contributed by atoms with E-state index in [0.29, 0.717) is 0 Å². The minimum absolute atomic E-state index is 0.909. The molecule has 0 amide bonds. The topological polar surface area (TPSA) is 15.3 Å². The predicted octanol–water partition coefficient (Wildman–Crippen LogP) is 3.49. The highest BCUT2D eigenvalue weighted by molar-refractivity contribution is 5.17. The summed E-state index contributed by atoms with van der Waals surface area (Å²) in [6.45, 7) is 5.18. The fraction of sp³-hybridized carbons (Fsp3) is 0.333. The second-order valence-corrected chi connectivity index (χ2v) is 3.85. The summed E-state index contributed by atoms with van der Waals surface area (Å²) < 4.78 is 0. The van der Waals surface area contributed by atoms with Gasteiger partial charge >= 0.3 is 0 Å². The van der Waals surface area contributed by atoms with E-state index in [1.54, 1.807) is 0 Å². The maximum absolute atomic E-state index is 3.04. The molecule has 0 saturated carbocycles. The highest BCUT2D eigenvalue weighted by atomic mass is 15.1. The second kappa shape index (κ2) is 7.55. The van der Waals surface area contributed by atoms with Crippen molar-refractivity contribution in [1.82, 2.24) is 10.2 Å². The monoisotopic (exact) mass is 230 g/mol. The number of rotatable bonds is 6. The highest BCUT2D eigenvalue weighted by Crippen LogP contribution is 2.14. The molecule has 1 aromatic rings. The molecule has 0 fully saturated rings. The average molecular weight is 230 g/mol. The fourth-order valence-corrected chi connectivity index (χ4v) is 1.77. The quantitative estimate of drug-likeness (QED) is 0.804. The van der Waals surface area contributed by atoms with Crippen LogP contribution in [-0.4, -0.2) is 11.9 Å². The Morgan fingerprint density at radius 1 is 1.29 bits per heavy atom. The summed E-state index contributed by atoms with van der Waals surface area (Å²) in [6.07, 6.45) is 7.26. The number of hydrogen-bond acceptors (Lipinski definition) is 2. The zero-order valence-electron chi connectivity index (χ0n) is 11.0. The van der Waals surface area contributed by atoms with E-state index >= 15 is 0 Å². The Bertz CT molecular complexity index is 366. The molecule has 0 spiro atoms. The van der Waals surface area contributed by atoms with Gasteiger partial charge in [-0.2, -0.15) is 0 Å². The van der Waals surface area contributed by atoms with Crippen molar-refractivity contribution in [3.63, 3.8) is 0 Å². The van der Waals surface area contributed by atoms with E-state index in [9.17, 15) is 0 Å². The Morgan fingerprint density at radius 2 is 2.00 bits per heavy atom. The van der Waals surface area contributed by atoms with E-state index in [1.807, 2.05) is 19.3 Å². The molecule has 1 aromatic carbocycles. The molecule has 0 aliphatic rings. The van der Waals surface area contributed by atoms with Crippen molar-refractivity contribution < 1.29 is 0 Å². The van der Waals surface area contributed by atoms with Gasteiger partial charge in [0.05, 0.1) is 0 Å². The number of allylic oxidation sites excluding steroid dienone is 2. The third-order valence-electron chi connectivity index (χ3n) is 2.68. The van der Waals surface area contributed by atoms with Gasteiger partial charge in [-0.1, -0.05) is 43.3 Å². The number of nitrogens with one attached hydrogen (secondary N) is 1. The van der Waals surface area contributed by atoms with Crippen LogP contribution in [0.2, 0.25) is 0 Å². The minimum Gasteiger partial charge on any atom is -0.393 e. The maximum Gasteiger partial charge on any atom is 0.0473 e. The van der Waals surface area contributed by atoms with E-state index in [-0.39, 0.29) is 0 Å². The number of hydrogen-bond donors (Lipinski definition) is 1. The maximum atomic E-state index is 3.04. The Morgan fingerprint density at radius 3 is 2.53 bits per heavy atom. The first kappa shape index (κ1) is 13.4. The van der Waals surface area contributed by atoms with Gasteiger partial charge in [-0.05, 0) is 18.9 Å². The van der Waals surface area contributed by atoms with Crippen LogP contribution in [0.4, 0.5) is 0 Å². The van der Waals surface area contributed by atoms with Crippen LogP contribution in [0, 0.1) is 0 Å². The Labute approximate surface area is 105 Å². The summed E-state index contributed by atoms with van der Waals surface area (Å²) in [7, 11) is 1.92. The fourth-order valence-electron chi connectivity index (χ4n) is 1.77. The van der Waals surface area contributed by atoms with Crippen LogP contribution in [0.3, 0.4) is 0 Å².